The van der Waals surface area contributed by atoms with Crippen LogP contribution in [0.4, 0.5) is 0 Å². The van der Waals surface area contributed by atoms with Gasteiger partial charge in [0.2, 0.25) is 0 Å². The Balaban J connectivity index is 1.84. The van der Waals surface area contributed by atoms with Crippen molar-refractivity contribution in [2.45, 2.75) is 25.4 Å². The number of ketones is 1. The van der Waals surface area contributed by atoms with Crippen LogP contribution in [0.15, 0.2) is 54.6 Å². The van der Waals surface area contributed by atoms with Gasteiger partial charge in [-0.15, -0.1) is 0 Å². The summed E-state index contributed by atoms with van der Waals surface area (Å²) in [5, 5.41) is 19.1. The average molecular weight is 270 g/mol. The molecule has 104 valence electrons. The zero-order valence-electron chi connectivity index (χ0n) is 11.2. The van der Waals surface area contributed by atoms with Crippen LogP contribution in [0.1, 0.15) is 28.8 Å². The van der Waals surface area contributed by atoms with Crippen LogP contribution in [0.2, 0.25) is 0 Å². The van der Waals surface area contributed by atoms with E-state index in [1.807, 2.05) is 30.3 Å². The Morgan fingerprint density at radius 1 is 1.00 bits per heavy atom. The van der Waals surface area contributed by atoms with E-state index in [0.717, 1.165) is 12.8 Å². The fourth-order valence-corrected chi connectivity index (χ4v) is 2.09. The molecule has 3 nitrogen and oxygen atoms in total. The van der Waals surface area contributed by atoms with E-state index in [1.165, 1.54) is 29.8 Å². The van der Waals surface area contributed by atoms with Crippen molar-refractivity contribution in [1.82, 2.24) is 0 Å². The number of aliphatic hydroxyl groups excluding tert-OH is 1. The van der Waals surface area contributed by atoms with Crippen molar-refractivity contribution >= 4 is 5.78 Å². The molecule has 1 unspecified atom stereocenters. The second-order valence-electron chi connectivity index (χ2n) is 4.80. The number of carbonyl (C=O) groups is 1. The molecule has 0 aliphatic heterocycles. The van der Waals surface area contributed by atoms with Crippen LogP contribution in [-0.2, 0) is 6.42 Å². The van der Waals surface area contributed by atoms with Crippen LogP contribution in [0.3, 0.4) is 0 Å². The number of aliphatic hydroxyl groups is 1. The number of aromatic hydroxyl groups is 1. The van der Waals surface area contributed by atoms with Crippen LogP contribution in [0, 0.1) is 0 Å². The topological polar surface area (TPSA) is 57.5 Å². The van der Waals surface area contributed by atoms with Crippen molar-refractivity contribution in [1.29, 1.82) is 0 Å². The first kappa shape index (κ1) is 14.3. The highest BCUT2D eigenvalue weighted by atomic mass is 16.3. The lowest BCUT2D eigenvalue weighted by Gasteiger charge is -2.09. The largest absolute Gasteiger partial charge is 0.508 e. The molecular formula is C17H18O3. The van der Waals surface area contributed by atoms with Gasteiger partial charge in [0, 0.05) is 5.56 Å². The van der Waals surface area contributed by atoms with Crippen LogP contribution < -0.4 is 0 Å². The van der Waals surface area contributed by atoms with Gasteiger partial charge in [-0.05, 0) is 49.1 Å². The van der Waals surface area contributed by atoms with Gasteiger partial charge >= 0.3 is 0 Å². The minimum atomic E-state index is -0.983. The number of Topliss-reactive ketones (excluding diaryl/α,β-unsaturated/α-hetero) is 1. The summed E-state index contributed by atoms with van der Waals surface area (Å²) >= 11 is 0. The molecule has 0 fully saturated rings. The number of hydrogen-bond donors (Lipinski definition) is 2. The maximum atomic E-state index is 12.0. The van der Waals surface area contributed by atoms with Gasteiger partial charge in [-0.1, -0.05) is 30.3 Å². The highest BCUT2D eigenvalue weighted by molar-refractivity contribution is 5.99. The normalized spacial score (nSPS) is 12.1. The van der Waals surface area contributed by atoms with Crippen molar-refractivity contribution in [2.24, 2.45) is 0 Å². The second kappa shape index (κ2) is 6.87. The number of hydrogen-bond acceptors (Lipinski definition) is 3. The Morgan fingerprint density at radius 3 is 2.30 bits per heavy atom. The van der Waals surface area contributed by atoms with E-state index in [-0.39, 0.29) is 11.5 Å². The van der Waals surface area contributed by atoms with E-state index in [4.69, 9.17) is 0 Å². The molecule has 2 aromatic carbocycles. The number of aryl methyl sites for hydroxylation is 1. The van der Waals surface area contributed by atoms with Crippen molar-refractivity contribution in [3.63, 3.8) is 0 Å². The maximum Gasteiger partial charge on any atom is 0.191 e. The van der Waals surface area contributed by atoms with Crippen molar-refractivity contribution in [2.75, 3.05) is 0 Å². The third kappa shape index (κ3) is 3.93. The molecule has 0 radical (unpaired) electrons. The van der Waals surface area contributed by atoms with Gasteiger partial charge in [0.05, 0.1) is 0 Å². The summed E-state index contributed by atoms with van der Waals surface area (Å²) in [6.45, 7) is 0. The van der Waals surface area contributed by atoms with Crippen LogP contribution in [0.5, 0.6) is 5.75 Å². The number of phenolic OH excluding ortho intramolecular Hbond substituents is 1. The predicted molar refractivity (Wildman–Crippen MR) is 77.8 cm³/mol. The Kier molecular flexibility index (Phi) is 4.91. The zero-order valence-corrected chi connectivity index (χ0v) is 11.2. The third-order valence-corrected chi connectivity index (χ3v) is 3.24. The molecule has 0 aliphatic carbocycles. The Labute approximate surface area is 118 Å². The van der Waals surface area contributed by atoms with E-state index >= 15 is 0 Å². The molecule has 0 amide bonds. The SMILES string of the molecule is O=C(c1ccc(O)cc1)C(O)CCCc1ccccc1. The number of rotatable bonds is 6. The fourth-order valence-electron chi connectivity index (χ4n) is 2.09. The van der Waals surface area contributed by atoms with Gasteiger partial charge in [-0.25, -0.2) is 0 Å². The van der Waals surface area contributed by atoms with Crippen LogP contribution >= 0.6 is 0 Å². The summed E-state index contributed by atoms with van der Waals surface area (Å²) in [7, 11) is 0. The number of benzene rings is 2. The van der Waals surface area contributed by atoms with Gasteiger partial charge in [-0.3, -0.25) is 4.79 Å². The Hall–Kier alpha value is -2.13. The minimum Gasteiger partial charge on any atom is -0.508 e. The highest BCUT2D eigenvalue weighted by Crippen LogP contribution is 2.14. The first-order chi connectivity index (χ1) is 9.66. The Bertz CT molecular complexity index is 546. The highest BCUT2D eigenvalue weighted by Gasteiger charge is 2.16. The molecule has 0 spiro atoms. The molecule has 0 aliphatic rings. The quantitative estimate of drug-likeness (QED) is 0.793. The summed E-state index contributed by atoms with van der Waals surface area (Å²) in [4.78, 5) is 12.0. The smallest absolute Gasteiger partial charge is 0.191 e. The van der Waals surface area contributed by atoms with Gasteiger partial charge in [0.1, 0.15) is 11.9 Å². The fraction of sp³-hybridized carbons (Fsp3) is 0.235. The monoisotopic (exact) mass is 270 g/mol. The van der Waals surface area contributed by atoms with Gasteiger partial charge in [0.25, 0.3) is 0 Å². The summed E-state index contributed by atoms with van der Waals surface area (Å²) in [5.41, 5.74) is 1.63. The lowest BCUT2D eigenvalue weighted by atomic mass is 10.00. The molecule has 2 rings (SSSR count). The van der Waals surface area contributed by atoms with E-state index in [2.05, 4.69) is 0 Å². The zero-order chi connectivity index (χ0) is 14.4. The van der Waals surface area contributed by atoms with Gasteiger partial charge in [-0.2, -0.15) is 0 Å². The van der Waals surface area contributed by atoms with E-state index < -0.39 is 6.10 Å². The first-order valence-corrected chi connectivity index (χ1v) is 6.72. The molecule has 3 heteroatoms. The molecule has 2 aromatic rings. The lowest BCUT2D eigenvalue weighted by Crippen LogP contribution is -2.20. The summed E-state index contributed by atoms with van der Waals surface area (Å²) < 4.78 is 0. The molecule has 2 N–H and O–H groups in total. The molecule has 0 saturated carbocycles. The molecule has 0 aromatic heterocycles. The average Bonchev–Trinajstić information content (AvgIpc) is 2.48. The lowest BCUT2D eigenvalue weighted by molar-refractivity contribution is 0.0727. The van der Waals surface area contributed by atoms with Crippen LogP contribution in [0.25, 0.3) is 0 Å². The van der Waals surface area contributed by atoms with Crippen LogP contribution in [-0.4, -0.2) is 22.1 Å². The standard InChI is InChI=1S/C17H18O3/c18-15-11-9-14(10-12-15)17(20)16(19)8-4-7-13-5-2-1-3-6-13/h1-3,5-6,9-12,16,18-19H,4,7-8H2. The van der Waals surface area contributed by atoms with Crippen molar-refractivity contribution in [3.8, 4) is 5.75 Å². The Morgan fingerprint density at radius 2 is 1.65 bits per heavy atom. The second-order valence-corrected chi connectivity index (χ2v) is 4.80. The molecule has 0 saturated heterocycles. The molecule has 0 bridgehead atoms. The molecule has 20 heavy (non-hydrogen) atoms. The summed E-state index contributed by atoms with van der Waals surface area (Å²) in [6, 6.07) is 15.9. The van der Waals surface area contributed by atoms with Gasteiger partial charge in [0.15, 0.2) is 5.78 Å². The molecule has 0 heterocycles. The van der Waals surface area contributed by atoms with Crippen molar-refractivity contribution < 1.29 is 15.0 Å². The summed E-state index contributed by atoms with van der Waals surface area (Å²) in [5.74, 6) is -0.182. The van der Waals surface area contributed by atoms with E-state index in [1.54, 1.807) is 0 Å². The first-order valence-electron chi connectivity index (χ1n) is 6.72. The third-order valence-electron chi connectivity index (χ3n) is 3.24. The molecule has 1 atom stereocenters. The maximum absolute atomic E-state index is 12.0. The minimum absolute atomic E-state index is 0.111. The predicted octanol–water partition coefficient (Wildman–Crippen LogP) is 2.96. The number of phenols is 1. The van der Waals surface area contributed by atoms with Crippen molar-refractivity contribution in [3.05, 3.63) is 65.7 Å². The number of carbonyl (C=O) groups excluding carboxylic acids is 1. The van der Waals surface area contributed by atoms with E-state index in [9.17, 15) is 15.0 Å². The van der Waals surface area contributed by atoms with E-state index in [0.29, 0.717) is 12.0 Å². The molecular weight excluding hydrogens is 252 g/mol. The van der Waals surface area contributed by atoms with Gasteiger partial charge < -0.3 is 10.2 Å². The summed E-state index contributed by atoms with van der Waals surface area (Å²) in [6.07, 6.45) is 1.06.